The average molecular weight is 372 g/mol. The Kier molecular flexibility index (Phi) is 18.7. The van der Waals surface area contributed by atoms with Crippen LogP contribution in [0, 0.1) is 0 Å². The molecule has 0 aromatic carbocycles. The van der Waals surface area contributed by atoms with Gasteiger partial charge < -0.3 is 15.5 Å². The number of aliphatic hydroxyl groups excluding tert-OH is 2. The number of amides is 1. The molecule has 0 radical (unpaired) electrons. The van der Waals surface area contributed by atoms with E-state index in [4.69, 9.17) is 0 Å². The van der Waals surface area contributed by atoms with Crippen LogP contribution in [0.15, 0.2) is 0 Å². The molecule has 0 aliphatic carbocycles. The quantitative estimate of drug-likeness (QED) is 0.276. The highest BCUT2D eigenvalue weighted by atomic mass is 16.3. The molecule has 0 heterocycles. The second-order valence-electron chi connectivity index (χ2n) is 7.71. The zero-order chi connectivity index (χ0) is 19.5. The van der Waals surface area contributed by atoms with Crippen LogP contribution >= 0.6 is 0 Å². The van der Waals surface area contributed by atoms with Crippen molar-refractivity contribution in [1.82, 2.24) is 5.32 Å². The Balaban J connectivity index is 3.67. The largest absolute Gasteiger partial charge is 0.394 e. The molecular formula is C22H45NO3. The summed E-state index contributed by atoms with van der Waals surface area (Å²) in [4.78, 5) is 12.0. The van der Waals surface area contributed by atoms with Crippen molar-refractivity contribution in [2.45, 2.75) is 129 Å². The Morgan fingerprint density at radius 3 is 1.73 bits per heavy atom. The molecule has 0 aromatic rings. The molecule has 0 saturated carbocycles. The van der Waals surface area contributed by atoms with E-state index in [0.717, 1.165) is 25.7 Å². The minimum atomic E-state index is -0.645. The molecule has 2 unspecified atom stereocenters. The fraction of sp³-hybridized carbons (Fsp3) is 0.955. The summed E-state index contributed by atoms with van der Waals surface area (Å²) in [5.41, 5.74) is 0. The molecule has 0 rings (SSSR count). The SMILES string of the molecule is CCCCCCCCCCCC(=O)NC(CO)C(O)CCCCCCC. The summed E-state index contributed by atoms with van der Waals surface area (Å²) in [6, 6.07) is -0.521. The fourth-order valence-electron chi connectivity index (χ4n) is 3.30. The highest BCUT2D eigenvalue weighted by Crippen LogP contribution is 2.12. The van der Waals surface area contributed by atoms with Gasteiger partial charge in [0, 0.05) is 6.42 Å². The van der Waals surface area contributed by atoms with Gasteiger partial charge in [-0.1, -0.05) is 97.3 Å². The molecule has 0 spiro atoms. The van der Waals surface area contributed by atoms with Gasteiger partial charge in [-0.25, -0.2) is 0 Å². The van der Waals surface area contributed by atoms with Crippen molar-refractivity contribution < 1.29 is 15.0 Å². The van der Waals surface area contributed by atoms with E-state index in [2.05, 4.69) is 19.2 Å². The monoisotopic (exact) mass is 371 g/mol. The molecule has 0 aliphatic rings. The first-order valence-electron chi connectivity index (χ1n) is 11.2. The standard InChI is InChI=1S/C22H45NO3/c1-3-5-7-9-10-11-12-14-16-18-22(26)23-20(19-24)21(25)17-15-13-8-6-4-2/h20-21,24-25H,3-19H2,1-2H3,(H,23,26). The molecular weight excluding hydrogens is 326 g/mol. The number of hydrogen-bond acceptors (Lipinski definition) is 3. The van der Waals surface area contributed by atoms with Gasteiger partial charge in [-0.2, -0.15) is 0 Å². The van der Waals surface area contributed by atoms with Gasteiger partial charge in [-0.3, -0.25) is 4.79 Å². The van der Waals surface area contributed by atoms with Gasteiger partial charge in [-0.05, 0) is 12.8 Å². The summed E-state index contributed by atoms with van der Waals surface area (Å²) in [5, 5.41) is 22.4. The fourth-order valence-corrected chi connectivity index (χ4v) is 3.30. The van der Waals surface area contributed by atoms with Crippen molar-refractivity contribution >= 4 is 5.91 Å². The van der Waals surface area contributed by atoms with Gasteiger partial charge in [0.25, 0.3) is 0 Å². The maximum atomic E-state index is 12.0. The lowest BCUT2D eigenvalue weighted by atomic mass is 10.0. The molecule has 0 aromatic heterocycles. The molecule has 26 heavy (non-hydrogen) atoms. The van der Waals surface area contributed by atoms with E-state index >= 15 is 0 Å². The number of unbranched alkanes of at least 4 members (excludes halogenated alkanes) is 12. The van der Waals surface area contributed by atoms with Crippen molar-refractivity contribution in [3.05, 3.63) is 0 Å². The van der Waals surface area contributed by atoms with Crippen LogP contribution in [-0.4, -0.2) is 34.9 Å². The predicted octanol–water partition coefficient (Wildman–Crippen LogP) is 5.11. The first kappa shape index (κ1) is 25.4. The zero-order valence-corrected chi connectivity index (χ0v) is 17.5. The highest BCUT2D eigenvalue weighted by molar-refractivity contribution is 5.76. The van der Waals surface area contributed by atoms with Gasteiger partial charge >= 0.3 is 0 Å². The number of nitrogens with one attached hydrogen (secondary N) is 1. The molecule has 0 saturated heterocycles. The average Bonchev–Trinajstić information content (AvgIpc) is 2.64. The molecule has 0 aliphatic heterocycles. The summed E-state index contributed by atoms with van der Waals surface area (Å²) in [7, 11) is 0. The number of carbonyl (C=O) groups excluding carboxylic acids is 1. The van der Waals surface area contributed by atoms with E-state index in [-0.39, 0.29) is 12.5 Å². The van der Waals surface area contributed by atoms with Crippen molar-refractivity contribution in [3.63, 3.8) is 0 Å². The van der Waals surface area contributed by atoms with Gasteiger partial charge in [-0.15, -0.1) is 0 Å². The zero-order valence-electron chi connectivity index (χ0n) is 17.5. The highest BCUT2D eigenvalue weighted by Gasteiger charge is 2.19. The molecule has 0 fully saturated rings. The third-order valence-corrected chi connectivity index (χ3v) is 5.12. The summed E-state index contributed by atoms with van der Waals surface area (Å²) in [6.45, 7) is 4.22. The van der Waals surface area contributed by atoms with Gasteiger partial charge in [0.15, 0.2) is 0 Å². The summed E-state index contributed by atoms with van der Waals surface area (Å²) in [6.07, 6.45) is 17.3. The van der Waals surface area contributed by atoms with Crippen LogP contribution in [0.1, 0.15) is 117 Å². The normalized spacial score (nSPS) is 13.5. The van der Waals surface area contributed by atoms with Crippen LogP contribution in [-0.2, 0) is 4.79 Å². The van der Waals surface area contributed by atoms with Crippen LogP contribution in [0.5, 0.6) is 0 Å². The predicted molar refractivity (Wildman–Crippen MR) is 110 cm³/mol. The summed E-state index contributed by atoms with van der Waals surface area (Å²) in [5.74, 6) is -0.0444. The van der Waals surface area contributed by atoms with Gasteiger partial charge in [0.2, 0.25) is 5.91 Å². The van der Waals surface area contributed by atoms with E-state index in [1.807, 2.05) is 0 Å². The molecule has 156 valence electrons. The van der Waals surface area contributed by atoms with E-state index in [0.29, 0.717) is 12.8 Å². The Labute approximate surface area is 162 Å². The Morgan fingerprint density at radius 1 is 0.769 bits per heavy atom. The number of carbonyl (C=O) groups is 1. The van der Waals surface area contributed by atoms with Crippen molar-refractivity contribution in [2.75, 3.05) is 6.61 Å². The molecule has 2 atom stereocenters. The third-order valence-electron chi connectivity index (χ3n) is 5.12. The topological polar surface area (TPSA) is 69.6 Å². The lowest BCUT2D eigenvalue weighted by molar-refractivity contribution is -0.123. The first-order chi connectivity index (χ1) is 12.7. The van der Waals surface area contributed by atoms with E-state index in [1.54, 1.807) is 0 Å². The first-order valence-corrected chi connectivity index (χ1v) is 11.2. The van der Waals surface area contributed by atoms with Crippen molar-refractivity contribution in [3.8, 4) is 0 Å². The van der Waals surface area contributed by atoms with Crippen molar-refractivity contribution in [2.24, 2.45) is 0 Å². The molecule has 4 nitrogen and oxygen atoms in total. The number of hydrogen-bond donors (Lipinski definition) is 3. The van der Waals surface area contributed by atoms with Crippen molar-refractivity contribution in [1.29, 1.82) is 0 Å². The van der Waals surface area contributed by atoms with E-state index < -0.39 is 12.1 Å². The minimum Gasteiger partial charge on any atom is -0.394 e. The second-order valence-corrected chi connectivity index (χ2v) is 7.71. The number of rotatable bonds is 19. The third kappa shape index (κ3) is 15.6. The van der Waals surface area contributed by atoms with E-state index in [9.17, 15) is 15.0 Å². The summed E-state index contributed by atoms with van der Waals surface area (Å²) < 4.78 is 0. The Morgan fingerprint density at radius 2 is 1.23 bits per heavy atom. The second kappa shape index (κ2) is 19.2. The Bertz CT molecular complexity index is 310. The maximum absolute atomic E-state index is 12.0. The molecule has 4 heteroatoms. The van der Waals surface area contributed by atoms with Gasteiger partial charge in [0.1, 0.15) is 0 Å². The van der Waals surface area contributed by atoms with Crippen LogP contribution in [0.2, 0.25) is 0 Å². The summed E-state index contributed by atoms with van der Waals surface area (Å²) >= 11 is 0. The molecule has 1 amide bonds. The molecule has 3 N–H and O–H groups in total. The van der Waals surface area contributed by atoms with Crippen LogP contribution < -0.4 is 5.32 Å². The maximum Gasteiger partial charge on any atom is 0.220 e. The van der Waals surface area contributed by atoms with Gasteiger partial charge in [0.05, 0.1) is 18.8 Å². The smallest absolute Gasteiger partial charge is 0.220 e. The number of aliphatic hydroxyl groups is 2. The van der Waals surface area contributed by atoms with Crippen LogP contribution in [0.25, 0.3) is 0 Å². The van der Waals surface area contributed by atoms with Crippen LogP contribution in [0.4, 0.5) is 0 Å². The molecule has 0 bridgehead atoms. The van der Waals surface area contributed by atoms with Crippen LogP contribution in [0.3, 0.4) is 0 Å². The minimum absolute atomic E-state index is 0.0444. The lowest BCUT2D eigenvalue weighted by Crippen LogP contribution is -2.45. The van der Waals surface area contributed by atoms with E-state index in [1.165, 1.54) is 64.2 Å². The Hall–Kier alpha value is -0.610. The lowest BCUT2D eigenvalue weighted by Gasteiger charge is -2.22.